The van der Waals surface area contributed by atoms with Crippen LogP contribution in [0.25, 0.3) is 5.69 Å². The van der Waals surface area contributed by atoms with E-state index in [1.54, 1.807) is 22.9 Å². The van der Waals surface area contributed by atoms with Gasteiger partial charge < -0.3 is 14.8 Å². The minimum atomic E-state index is -0.283. The highest BCUT2D eigenvalue weighted by molar-refractivity contribution is 7.99. The van der Waals surface area contributed by atoms with Crippen molar-refractivity contribution in [2.75, 3.05) is 18.5 Å². The highest BCUT2D eigenvalue weighted by Gasteiger charge is 2.18. The molecular formula is C19H19N5O3S. The summed E-state index contributed by atoms with van der Waals surface area (Å²) in [7, 11) is 0. The number of nitrogens with one attached hydrogen (secondary N) is 1. The van der Waals surface area contributed by atoms with Crippen LogP contribution in [0.4, 0.5) is 5.69 Å². The first-order valence-electron chi connectivity index (χ1n) is 8.85. The number of nitrogens with zero attached hydrogens (tertiary/aromatic N) is 4. The number of hydrogen-bond acceptors (Lipinski definition) is 7. The molecule has 1 aliphatic rings. The molecule has 0 saturated carbocycles. The number of ether oxygens (including phenoxy) is 2. The Morgan fingerprint density at radius 2 is 1.96 bits per heavy atom. The Morgan fingerprint density at radius 3 is 2.79 bits per heavy atom. The molecular weight excluding hydrogens is 378 g/mol. The molecule has 1 aliphatic heterocycles. The van der Waals surface area contributed by atoms with Crippen molar-refractivity contribution in [3.63, 3.8) is 0 Å². The number of carbonyl (C=O) groups excluding carboxylic acids is 1. The summed E-state index contributed by atoms with van der Waals surface area (Å²) >= 11 is 1.47. The number of para-hydroxylation sites is 1. The van der Waals surface area contributed by atoms with Crippen molar-refractivity contribution in [1.82, 2.24) is 20.2 Å². The molecule has 1 aromatic heterocycles. The molecule has 1 amide bonds. The number of benzene rings is 2. The van der Waals surface area contributed by atoms with Gasteiger partial charge in [-0.05, 0) is 41.6 Å². The van der Waals surface area contributed by atoms with Gasteiger partial charge in [-0.15, -0.1) is 16.9 Å². The molecule has 8 nitrogen and oxygen atoms in total. The summed E-state index contributed by atoms with van der Waals surface area (Å²) in [5.41, 5.74) is 1.56. The zero-order valence-corrected chi connectivity index (χ0v) is 16.1. The summed E-state index contributed by atoms with van der Waals surface area (Å²) in [6.45, 7) is 2.90. The molecule has 9 heteroatoms. The summed E-state index contributed by atoms with van der Waals surface area (Å²) in [5, 5.41) is 14.5. The molecule has 1 atom stereocenters. The van der Waals surface area contributed by atoms with Crippen LogP contribution >= 0.6 is 11.8 Å². The summed E-state index contributed by atoms with van der Waals surface area (Å²) in [5.74, 6) is 2.44. The predicted octanol–water partition coefficient (Wildman–Crippen LogP) is 2.69. The van der Waals surface area contributed by atoms with E-state index in [4.69, 9.17) is 9.47 Å². The van der Waals surface area contributed by atoms with E-state index in [1.807, 2.05) is 37.3 Å². The van der Waals surface area contributed by atoms with Crippen molar-refractivity contribution in [3.05, 3.63) is 54.4 Å². The van der Waals surface area contributed by atoms with Crippen molar-refractivity contribution in [2.45, 2.75) is 17.9 Å². The summed E-state index contributed by atoms with van der Waals surface area (Å²) < 4.78 is 12.7. The van der Waals surface area contributed by atoms with Crippen molar-refractivity contribution < 1.29 is 14.3 Å². The smallest absolute Gasteiger partial charge is 0.237 e. The average Bonchev–Trinajstić information content (AvgIpc) is 3.21. The van der Waals surface area contributed by atoms with E-state index in [1.165, 1.54) is 11.8 Å². The largest absolute Gasteiger partial charge is 0.486 e. The number of anilines is 1. The van der Waals surface area contributed by atoms with Crippen molar-refractivity contribution in [3.8, 4) is 17.2 Å². The highest BCUT2D eigenvalue weighted by Crippen LogP contribution is 2.32. The minimum absolute atomic E-state index is 0.0968. The predicted molar refractivity (Wildman–Crippen MR) is 106 cm³/mol. The lowest BCUT2D eigenvalue weighted by atomic mass is 10.2. The van der Waals surface area contributed by atoms with Crippen molar-refractivity contribution in [2.24, 2.45) is 0 Å². The molecule has 28 heavy (non-hydrogen) atoms. The van der Waals surface area contributed by atoms with Crippen molar-refractivity contribution in [1.29, 1.82) is 0 Å². The van der Waals surface area contributed by atoms with Gasteiger partial charge in [-0.1, -0.05) is 18.2 Å². The number of amides is 1. The van der Waals surface area contributed by atoms with Crippen LogP contribution in [-0.4, -0.2) is 44.6 Å². The van der Waals surface area contributed by atoms with Gasteiger partial charge in [0.1, 0.15) is 13.2 Å². The Balaban J connectivity index is 1.36. The molecule has 0 saturated heterocycles. The zero-order valence-electron chi connectivity index (χ0n) is 15.2. The van der Waals surface area contributed by atoms with Crippen LogP contribution in [-0.2, 0) is 10.5 Å². The van der Waals surface area contributed by atoms with Gasteiger partial charge in [-0.25, -0.2) is 0 Å². The van der Waals surface area contributed by atoms with Gasteiger partial charge in [0.25, 0.3) is 0 Å². The standard InChI is InChI=1S/C19H19N5O3S/c1-13(19(25)20-14-7-8-16-17(11-14)27-10-9-26-16)28-12-18-21-22-23-24(18)15-5-3-2-4-6-15/h2-8,11,13H,9-10,12H2,1H3,(H,20,25). The van der Waals surface area contributed by atoms with Crippen molar-refractivity contribution >= 4 is 23.4 Å². The molecule has 2 heterocycles. The van der Waals surface area contributed by atoms with E-state index in [0.29, 0.717) is 42.0 Å². The lowest BCUT2D eigenvalue weighted by molar-refractivity contribution is -0.115. The average molecular weight is 397 g/mol. The van der Waals surface area contributed by atoms with Gasteiger partial charge in [-0.2, -0.15) is 4.68 Å². The number of aromatic nitrogens is 4. The second kappa shape index (κ2) is 8.30. The Kier molecular flexibility index (Phi) is 5.43. The van der Waals surface area contributed by atoms with E-state index in [2.05, 4.69) is 20.8 Å². The third-order valence-electron chi connectivity index (χ3n) is 4.18. The first-order valence-corrected chi connectivity index (χ1v) is 9.90. The Hall–Kier alpha value is -3.07. The van der Waals surface area contributed by atoms with Crippen LogP contribution in [0, 0.1) is 0 Å². The number of carbonyl (C=O) groups is 1. The number of fused-ring (bicyclic) bond motifs is 1. The number of rotatable bonds is 6. The third-order valence-corrected chi connectivity index (χ3v) is 5.32. The summed E-state index contributed by atoms with van der Waals surface area (Å²) in [4.78, 5) is 12.5. The van der Waals surface area contributed by atoms with Gasteiger partial charge in [0, 0.05) is 11.8 Å². The Labute approximate surface area is 166 Å². The number of tetrazole rings is 1. The maximum atomic E-state index is 12.5. The highest BCUT2D eigenvalue weighted by atomic mass is 32.2. The van der Waals surface area contributed by atoms with Crippen LogP contribution in [0.15, 0.2) is 48.5 Å². The van der Waals surface area contributed by atoms with Crippen LogP contribution in [0.2, 0.25) is 0 Å². The quantitative estimate of drug-likeness (QED) is 0.684. The third kappa shape index (κ3) is 4.09. The van der Waals surface area contributed by atoms with E-state index < -0.39 is 0 Å². The van der Waals surface area contributed by atoms with Gasteiger partial charge in [0.15, 0.2) is 17.3 Å². The Bertz CT molecular complexity index is 963. The fraction of sp³-hybridized carbons (Fsp3) is 0.263. The fourth-order valence-electron chi connectivity index (χ4n) is 2.71. The summed E-state index contributed by atoms with van der Waals surface area (Å²) in [6.07, 6.45) is 0. The molecule has 1 N–H and O–H groups in total. The number of thioether (sulfide) groups is 1. The molecule has 0 spiro atoms. The molecule has 0 bridgehead atoms. The molecule has 0 aliphatic carbocycles. The van der Waals surface area contributed by atoms with E-state index in [9.17, 15) is 4.79 Å². The van der Waals surface area contributed by atoms with Crippen LogP contribution in [0.1, 0.15) is 12.7 Å². The van der Waals surface area contributed by atoms with E-state index in [0.717, 1.165) is 5.69 Å². The lowest BCUT2D eigenvalue weighted by Gasteiger charge is -2.19. The van der Waals surface area contributed by atoms with Gasteiger partial charge >= 0.3 is 0 Å². The second-order valence-corrected chi connectivity index (χ2v) is 7.47. The maximum Gasteiger partial charge on any atom is 0.237 e. The van der Waals surface area contributed by atoms with E-state index in [-0.39, 0.29) is 11.2 Å². The molecule has 3 aromatic rings. The van der Waals surface area contributed by atoms with Gasteiger partial charge in [0.2, 0.25) is 5.91 Å². The topological polar surface area (TPSA) is 91.2 Å². The number of hydrogen-bond donors (Lipinski definition) is 1. The first-order chi connectivity index (χ1) is 13.7. The monoisotopic (exact) mass is 397 g/mol. The maximum absolute atomic E-state index is 12.5. The van der Waals surface area contributed by atoms with E-state index >= 15 is 0 Å². The lowest BCUT2D eigenvalue weighted by Crippen LogP contribution is -2.23. The van der Waals surface area contributed by atoms with Gasteiger partial charge in [-0.3, -0.25) is 4.79 Å². The molecule has 2 aromatic carbocycles. The van der Waals surface area contributed by atoms with Crippen LogP contribution in [0.3, 0.4) is 0 Å². The SMILES string of the molecule is CC(SCc1nnnn1-c1ccccc1)C(=O)Nc1ccc2c(c1)OCCO2. The molecule has 0 radical (unpaired) electrons. The molecule has 4 rings (SSSR count). The normalized spacial score (nSPS) is 13.8. The minimum Gasteiger partial charge on any atom is -0.486 e. The van der Waals surface area contributed by atoms with Crippen LogP contribution < -0.4 is 14.8 Å². The Morgan fingerprint density at radius 1 is 1.18 bits per heavy atom. The molecule has 144 valence electrons. The van der Waals surface area contributed by atoms with Crippen LogP contribution in [0.5, 0.6) is 11.5 Å². The zero-order chi connectivity index (χ0) is 19.3. The molecule has 1 unspecified atom stereocenters. The first kappa shape index (κ1) is 18.3. The second-order valence-electron chi connectivity index (χ2n) is 6.14. The summed E-state index contributed by atoms with van der Waals surface area (Å²) in [6, 6.07) is 15.0. The van der Waals surface area contributed by atoms with Gasteiger partial charge in [0.05, 0.1) is 16.7 Å². The fourth-order valence-corrected chi connectivity index (χ4v) is 3.50. The molecule has 0 fully saturated rings.